The lowest BCUT2D eigenvalue weighted by Crippen LogP contribution is -2.60. The highest BCUT2D eigenvalue weighted by Crippen LogP contribution is 2.31. The van der Waals surface area contributed by atoms with Crippen molar-refractivity contribution in [3.05, 3.63) is 83.9 Å². The zero-order chi connectivity index (χ0) is 61.7. The number of rotatable bonds is 33. The largest absolute Gasteiger partial charge is 0.445 e. The maximum atomic E-state index is 14.8. The van der Waals surface area contributed by atoms with Gasteiger partial charge in [0.15, 0.2) is 5.78 Å². The van der Waals surface area contributed by atoms with Crippen LogP contribution in [0.5, 0.6) is 0 Å². The molecule has 11 atom stereocenters. The van der Waals surface area contributed by atoms with Gasteiger partial charge in [-0.3, -0.25) is 33.7 Å². The van der Waals surface area contributed by atoms with Crippen LogP contribution >= 0.6 is 0 Å². The summed E-state index contributed by atoms with van der Waals surface area (Å²) in [5.74, 6) is -3.80. The smallest absolute Gasteiger partial charge is 0.410 e. The lowest BCUT2D eigenvalue weighted by atomic mass is 9.89. The number of hydrogen-bond acceptors (Lipinski definition) is 13. The number of carbonyl (C=O) groups is 8. The van der Waals surface area contributed by atoms with Crippen molar-refractivity contribution >= 4 is 53.1 Å². The van der Waals surface area contributed by atoms with E-state index in [2.05, 4.69) is 31.2 Å². The number of Topliss-reactive ketones (excluding diaryl/α,β-unsaturated/α-hetero) is 1. The van der Waals surface area contributed by atoms with Gasteiger partial charge in [-0.2, -0.15) is 0 Å². The number of nitrogens with zero attached hydrogens (tertiary/aromatic N) is 4. The Morgan fingerprint density at radius 2 is 1.48 bits per heavy atom. The molecule has 1 aromatic heterocycles. The Bertz CT molecular complexity index is 2550. The van der Waals surface area contributed by atoms with E-state index in [0.29, 0.717) is 62.1 Å². The van der Waals surface area contributed by atoms with E-state index in [-0.39, 0.29) is 55.4 Å². The molecule has 0 spiro atoms. The number of imidazole rings is 1. The molecule has 2 aromatic carbocycles. The molecule has 22 nitrogen and oxygen atoms in total. The number of nitrogens with one attached hydrogen (secondary N) is 5. The Kier molecular flexibility index (Phi) is 27.6. The van der Waals surface area contributed by atoms with Crippen LogP contribution in [0.15, 0.2) is 67.0 Å². The van der Waals surface area contributed by atoms with Crippen LogP contribution < -0.4 is 32.7 Å². The van der Waals surface area contributed by atoms with E-state index >= 15 is 0 Å². The van der Waals surface area contributed by atoms with Crippen molar-refractivity contribution in [1.29, 1.82) is 0 Å². The second-order valence-electron chi connectivity index (χ2n) is 23.2. The van der Waals surface area contributed by atoms with Crippen LogP contribution in [-0.2, 0) is 56.0 Å². The minimum Gasteiger partial charge on any atom is -0.445 e. The first kappa shape index (κ1) is 68.6. The third-order valence-electron chi connectivity index (χ3n) is 16.1. The molecule has 3 aromatic rings. The number of ether oxygens (including phenoxy) is 3. The molecule has 460 valence electrons. The zero-order valence-electron chi connectivity index (χ0n) is 51.1. The lowest BCUT2D eigenvalue weighted by Gasteiger charge is -2.41. The van der Waals surface area contributed by atoms with Gasteiger partial charge in [0.25, 0.3) is 0 Å². The van der Waals surface area contributed by atoms with Gasteiger partial charge < -0.3 is 61.7 Å². The SMILES string of the molecule is CC[C@H](C)[C@@H]([C@@H](CC(=O)N1CCC[C@H]1[C@H](OC)[C@@H](C)C(=O)N[C@@H](Cc1ccccc1)c1ncc[nH]1)OC)N(C)C(=O)[C@@H](NC(=O)[C@H](C(C)C)N(C)C(=O)OCc1ccc(NC(=O)[C@H](CCCNC(N)=O)CC(=O)[C@@H](N)C(C)C)cc1)C(C)C. The van der Waals surface area contributed by atoms with Gasteiger partial charge >= 0.3 is 12.1 Å². The van der Waals surface area contributed by atoms with Gasteiger partial charge in [-0.25, -0.2) is 14.6 Å². The average Bonchev–Trinajstić information content (AvgIpc) is 4.39. The summed E-state index contributed by atoms with van der Waals surface area (Å²) in [6, 6.07) is 11.5. The van der Waals surface area contributed by atoms with Crippen LogP contribution in [0.4, 0.5) is 15.3 Å². The van der Waals surface area contributed by atoms with E-state index < -0.39 is 102 Å². The molecular weight excluding hydrogens is 1060 g/mol. The molecule has 4 rings (SSSR count). The molecule has 0 aliphatic carbocycles. The van der Waals surface area contributed by atoms with Gasteiger partial charge in [-0.15, -0.1) is 0 Å². The van der Waals surface area contributed by atoms with Crippen molar-refractivity contribution in [2.45, 2.75) is 169 Å². The van der Waals surface area contributed by atoms with Gasteiger partial charge in [0.1, 0.15) is 24.5 Å². The normalized spacial score (nSPS) is 17.0. The molecule has 0 bridgehead atoms. The number of anilines is 1. The third-order valence-corrected chi connectivity index (χ3v) is 16.1. The third kappa shape index (κ3) is 19.9. The highest BCUT2D eigenvalue weighted by molar-refractivity contribution is 5.96. The van der Waals surface area contributed by atoms with Crippen LogP contribution in [0.3, 0.4) is 0 Å². The summed E-state index contributed by atoms with van der Waals surface area (Å²) in [5, 5.41) is 11.5. The Hall–Kier alpha value is -6.91. The molecule has 0 unspecified atom stereocenters. The van der Waals surface area contributed by atoms with Gasteiger partial charge in [-0.05, 0) is 79.0 Å². The number of aromatic amines is 1. The number of primary amides is 1. The molecule has 1 saturated heterocycles. The average molecular weight is 1160 g/mol. The number of nitrogens with two attached hydrogens (primary N) is 2. The summed E-state index contributed by atoms with van der Waals surface area (Å²) in [4.78, 5) is 121. The number of methoxy groups -OCH3 is 2. The molecule has 0 saturated carbocycles. The standard InChI is InChI=1S/C61H95N11O11/c1-14-39(8)53(48(81-12)34-49(74)72-31-19-23-46(72)54(82-13)40(9)56(75)68-45(55-64-29-30-65-55)32-41-20-16-15-17-21-41)70(10)59(78)51(37(4)5)69-58(77)52(38(6)7)71(11)61(80)83-35-42-24-26-44(27-25-42)67-57(76)43(22-18-28-66-60(63)79)33-47(73)50(62)36(2)3/h15-17,20-21,24-27,29-30,36-40,43,45-46,48,50-54H,14,18-19,22-23,28,31-35,62H2,1-13H3,(H,64,65)(H,67,76)(H,68,75)(H,69,77)(H3,63,66,79)/t39-,40+,43+,45-,46-,48+,50-,51-,52-,53-,54+/m0/s1. The Morgan fingerprint density at radius 1 is 0.807 bits per heavy atom. The Balaban J connectivity index is 1.41. The number of ketones is 1. The Labute approximate surface area is 491 Å². The molecule has 0 radical (unpaired) electrons. The van der Waals surface area contributed by atoms with Crippen LogP contribution in [0.1, 0.15) is 130 Å². The second kappa shape index (κ2) is 33.4. The van der Waals surface area contributed by atoms with Crippen molar-refractivity contribution in [1.82, 2.24) is 40.6 Å². The molecule has 9 N–H and O–H groups in total. The quantitative estimate of drug-likeness (QED) is 0.0339. The second-order valence-corrected chi connectivity index (χ2v) is 23.2. The number of aromatic nitrogens is 2. The Morgan fingerprint density at radius 3 is 2.05 bits per heavy atom. The number of urea groups is 1. The molecule has 22 heteroatoms. The zero-order valence-corrected chi connectivity index (χ0v) is 51.1. The van der Waals surface area contributed by atoms with Gasteiger partial charge in [0.05, 0.1) is 48.7 Å². The number of hydrogen-bond donors (Lipinski definition) is 7. The monoisotopic (exact) mass is 1160 g/mol. The minimum atomic E-state index is -1.04. The van der Waals surface area contributed by atoms with E-state index in [1.54, 1.807) is 74.5 Å². The molecule has 1 aliphatic heterocycles. The van der Waals surface area contributed by atoms with Crippen LogP contribution in [0.2, 0.25) is 0 Å². The molecule has 1 fully saturated rings. The summed E-state index contributed by atoms with van der Waals surface area (Å²) < 4.78 is 17.9. The van der Waals surface area contributed by atoms with E-state index in [1.165, 1.54) is 19.1 Å². The molecule has 8 amide bonds. The van der Waals surface area contributed by atoms with Gasteiger partial charge in [-0.1, -0.05) is 111 Å². The summed E-state index contributed by atoms with van der Waals surface area (Å²) in [7, 11) is 6.20. The van der Waals surface area contributed by atoms with E-state index in [9.17, 15) is 38.4 Å². The number of likely N-dealkylation sites (N-methyl/N-ethyl adjacent to an activating group) is 2. The topological polar surface area (TPSA) is 303 Å². The number of carbonyl (C=O) groups excluding carboxylic acids is 8. The maximum Gasteiger partial charge on any atom is 0.410 e. The van der Waals surface area contributed by atoms with Crippen LogP contribution in [0, 0.1) is 35.5 Å². The summed E-state index contributed by atoms with van der Waals surface area (Å²) in [6.07, 6.45) is 4.28. The van der Waals surface area contributed by atoms with E-state index in [1.807, 2.05) is 78.8 Å². The summed E-state index contributed by atoms with van der Waals surface area (Å²) in [5.41, 5.74) is 13.3. The van der Waals surface area contributed by atoms with Crippen molar-refractivity contribution in [2.75, 3.05) is 46.7 Å². The summed E-state index contributed by atoms with van der Waals surface area (Å²) in [6.45, 7) is 17.2. The number of H-pyrrole nitrogens is 1. The number of likely N-dealkylation sites (tertiary alicyclic amines) is 1. The molecule has 2 heterocycles. The van der Waals surface area contributed by atoms with Crippen molar-refractivity contribution in [3.8, 4) is 0 Å². The highest BCUT2D eigenvalue weighted by Gasteiger charge is 2.44. The van der Waals surface area contributed by atoms with Gasteiger partial charge in [0.2, 0.25) is 29.5 Å². The van der Waals surface area contributed by atoms with Crippen molar-refractivity contribution in [3.63, 3.8) is 0 Å². The molecule has 1 aliphatic rings. The molecule has 83 heavy (non-hydrogen) atoms. The van der Waals surface area contributed by atoms with Crippen LogP contribution in [0.25, 0.3) is 0 Å². The fraction of sp³-hybridized carbons (Fsp3) is 0.623. The first-order valence-corrected chi connectivity index (χ1v) is 29.2. The lowest BCUT2D eigenvalue weighted by molar-refractivity contribution is -0.148. The predicted octanol–water partition coefficient (Wildman–Crippen LogP) is 6.11. The van der Waals surface area contributed by atoms with Crippen molar-refractivity contribution < 1.29 is 52.6 Å². The van der Waals surface area contributed by atoms with Crippen LogP contribution in [-0.4, -0.2) is 156 Å². The summed E-state index contributed by atoms with van der Waals surface area (Å²) >= 11 is 0. The fourth-order valence-electron chi connectivity index (χ4n) is 11.0. The van der Waals surface area contributed by atoms with Gasteiger partial charge in [0, 0.05) is 71.8 Å². The fourth-order valence-corrected chi connectivity index (χ4v) is 11.0. The number of benzene rings is 2. The maximum absolute atomic E-state index is 14.8. The number of amides is 8. The van der Waals surface area contributed by atoms with E-state index in [0.717, 1.165) is 5.56 Å². The predicted molar refractivity (Wildman–Crippen MR) is 317 cm³/mol. The highest BCUT2D eigenvalue weighted by atomic mass is 16.6. The molecular formula is C61H95N11O11. The van der Waals surface area contributed by atoms with Crippen molar-refractivity contribution in [2.24, 2.45) is 47.0 Å². The minimum absolute atomic E-state index is 0.0612. The first-order valence-electron chi connectivity index (χ1n) is 29.2. The first-order chi connectivity index (χ1) is 39.3. The van der Waals surface area contributed by atoms with E-state index in [4.69, 9.17) is 25.7 Å².